The zero-order chi connectivity index (χ0) is 15.0. The standard InChI is InChI=1S/C14H15F2N3O2/c1-8-17-14(18-21-8)7-19-6-10(20)5-13(19)11-4-9(15)2-3-12(11)16/h2-4,10,13,20H,5-7H2,1H3/t10-,13-/m1/s1. The number of aromatic nitrogens is 2. The third-order valence-electron chi connectivity index (χ3n) is 3.61. The summed E-state index contributed by atoms with van der Waals surface area (Å²) in [6, 6.07) is 2.95. The molecule has 1 aromatic heterocycles. The average Bonchev–Trinajstić information content (AvgIpc) is 2.99. The fourth-order valence-corrected chi connectivity index (χ4v) is 2.73. The predicted octanol–water partition coefficient (Wildman–Crippen LogP) is 1.96. The van der Waals surface area contributed by atoms with Crippen molar-refractivity contribution >= 4 is 0 Å². The molecule has 112 valence electrons. The summed E-state index contributed by atoms with van der Waals surface area (Å²) in [5.74, 6) is -0.0745. The van der Waals surface area contributed by atoms with E-state index in [0.717, 1.165) is 12.1 Å². The van der Waals surface area contributed by atoms with Crippen molar-refractivity contribution in [2.24, 2.45) is 0 Å². The van der Waals surface area contributed by atoms with Crippen LogP contribution in [0.25, 0.3) is 0 Å². The first-order valence-electron chi connectivity index (χ1n) is 6.69. The highest BCUT2D eigenvalue weighted by Crippen LogP contribution is 2.34. The van der Waals surface area contributed by atoms with E-state index >= 15 is 0 Å². The van der Waals surface area contributed by atoms with Crippen molar-refractivity contribution in [1.29, 1.82) is 0 Å². The van der Waals surface area contributed by atoms with Gasteiger partial charge in [0, 0.05) is 25.1 Å². The Morgan fingerprint density at radius 1 is 1.43 bits per heavy atom. The zero-order valence-electron chi connectivity index (χ0n) is 11.5. The van der Waals surface area contributed by atoms with E-state index in [1.165, 1.54) is 6.07 Å². The molecule has 1 aliphatic heterocycles. The van der Waals surface area contributed by atoms with Crippen LogP contribution < -0.4 is 0 Å². The number of aliphatic hydroxyl groups is 1. The number of nitrogens with zero attached hydrogens (tertiary/aromatic N) is 3. The van der Waals surface area contributed by atoms with Crippen LogP contribution in [0.5, 0.6) is 0 Å². The van der Waals surface area contributed by atoms with Gasteiger partial charge in [0.1, 0.15) is 11.6 Å². The molecular formula is C14H15F2N3O2. The van der Waals surface area contributed by atoms with Crippen LogP contribution in [0, 0.1) is 18.6 Å². The first-order chi connectivity index (χ1) is 10.0. The summed E-state index contributed by atoms with van der Waals surface area (Å²) in [6.07, 6.45) is -0.248. The Labute approximate surface area is 120 Å². The van der Waals surface area contributed by atoms with Crippen LogP contribution in [0.15, 0.2) is 22.7 Å². The molecule has 0 amide bonds. The Morgan fingerprint density at radius 3 is 2.95 bits per heavy atom. The van der Waals surface area contributed by atoms with E-state index in [1.54, 1.807) is 6.92 Å². The molecule has 0 bridgehead atoms. The third-order valence-corrected chi connectivity index (χ3v) is 3.61. The maximum absolute atomic E-state index is 13.9. The number of aliphatic hydroxyl groups excluding tert-OH is 1. The summed E-state index contributed by atoms with van der Waals surface area (Å²) in [5.41, 5.74) is 0.242. The van der Waals surface area contributed by atoms with Gasteiger partial charge in [-0.3, -0.25) is 4.90 Å². The summed E-state index contributed by atoms with van der Waals surface area (Å²) in [7, 11) is 0. The van der Waals surface area contributed by atoms with Crippen molar-refractivity contribution in [3.8, 4) is 0 Å². The van der Waals surface area contributed by atoms with Crippen LogP contribution in [-0.4, -0.2) is 32.8 Å². The molecule has 3 rings (SSSR count). The Hall–Kier alpha value is -1.86. The molecule has 0 spiro atoms. The van der Waals surface area contributed by atoms with Gasteiger partial charge in [0.15, 0.2) is 5.82 Å². The van der Waals surface area contributed by atoms with Crippen molar-refractivity contribution < 1.29 is 18.4 Å². The third kappa shape index (κ3) is 2.93. The van der Waals surface area contributed by atoms with Crippen LogP contribution in [0.3, 0.4) is 0 Å². The summed E-state index contributed by atoms with van der Waals surface area (Å²) in [4.78, 5) is 5.92. The zero-order valence-corrected chi connectivity index (χ0v) is 11.5. The molecule has 0 radical (unpaired) electrons. The number of rotatable bonds is 3. The number of β-amino-alcohol motifs (C(OH)–C–C–N with tert-alkyl or cyclic N) is 1. The fraction of sp³-hybridized carbons (Fsp3) is 0.429. The van der Waals surface area contributed by atoms with Crippen molar-refractivity contribution in [2.45, 2.75) is 32.0 Å². The molecule has 1 saturated heterocycles. The lowest BCUT2D eigenvalue weighted by atomic mass is 10.0. The minimum Gasteiger partial charge on any atom is -0.392 e. The second kappa shape index (κ2) is 5.50. The SMILES string of the molecule is Cc1nc(CN2C[C@H](O)C[C@@H]2c2cc(F)ccc2F)no1. The molecule has 2 aromatic rings. The molecule has 1 N–H and O–H groups in total. The van der Waals surface area contributed by atoms with Crippen molar-refractivity contribution in [3.63, 3.8) is 0 Å². The molecule has 5 nitrogen and oxygen atoms in total. The smallest absolute Gasteiger partial charge is 0.223 e. The van der Waals surface area contributed by atoms with E-state index < -0.39 is 23.8 Å². The lowest BCUT2D eigenvalue weighted by molar-refractivity contribution is 0.170. The van der Waals surface area contributed by atoms with Gasteiger partial charge in [0.05, 0.1) is 12.6 Å². The summed E-state index contributed by atoms with van der Waals surface area (Å²) in [5, 5.41) is 13.6. The fourth-order valence-electron chi connectivity index (χ4n) is 2.73. The second-order valence-corrected chi connectivity index (χ2v) is 5.23. The molecule has 1 fully saturated rings. The minimum atomic E-state index is -0.592. The van der Waals surface area contributed by atoms with Crippen LogP contribution in [-0.2, 0) is 6.54 Å². The van der Waals surface area contributed by atoms with Gasteiger partial charge in [-0.1, -0.05) is 5.16 Å². The Morgan fingerprint density at radius 2 is 2.24 bits per heavy atom. The van der Waals surface area contributed by atoms with Gasteiger partial charge < -0.3 is 9.63 Å². The molecule has 0 saturated carbocycles. The predicted molar refractivity (Wildman–Crippen MR) is 69.2 cm³/mol. The summed E-state index contributed by atoms with van der Waals surface area (Å²) in [6.45, 7) is 2.35. The molecule has 2 atom stereocenters. The summed E-state index contributed by atoms with van der Waals surface area (Å²) < 4.78 is 32.2. The molecular weight excluding hydrogens is 280 g/mol. The van der Waals surface area contributed by atoms with Gasteiger partial charge in [-0.05, 0) is 24.6 Å². The van der Waals surface area contributed by atoms with Gasteiger partial charge in [-0.25, -0.2) is 8.78 Å². The van der Waals surface area contributed by atoms with E-state index in [9.17, 15) is 13.9 Å². The van der Waals surface area contributed by atoms with E-state index in [2.05, 4.69) is 10.1 Å². The minimum absolute atomic E-state index is 0.242. The molecule has 0 unspecified atom stereocenters. The van der Waals surface area contributed by atoms with Crippen LogP contribution >= 0.6 is 0 Å². The highest BCUT2D eigenvalue weighted by molar-refractivity contribution is 5.24. The van der Waals surface area contributed by atoms with E-state index in [1.807, 2.05) is 4.90 Å². The topological polar surface area (TPSA) is 62.4 Å². The maximum Gasteiger partial charge on any atom is 0.223 e. The van der Waals surface area contributed by atoms with Gasteiger partial charge >= 0.3 is 0 Å². The molecule has 1 aromatic carbocycles. The van der Waals surface area contributed by atoms with Gasteiger partial charge in [-0.2, -0.15) is 4.98 Å². The highest BCUT2D eigenvalue weighted by Gasteiger charge is 2.34. The average molecular weight is 295 g/mol. The van der Waals surface area contributed by atoms with Gasteiger partial charge in [-0.15, -0.1) is 0 Å². The molecule has 2 heterocycles. The number of likely N-dealkylation sites (tertiary alicyclic amines) is 1. The lowest BCUT2D eigenvalue weighted by Gasteiger charge is -2.23. The lowest BCUT2D eigenvalue weighted by Crippen LogP contribution is -2.25. The van der Waals surface area contributed by atoms with Crippen LogP contribution in [0.1, 0.15) is 29.7 Å². The van der Waals surface area contributed by atoms with E-state index in [0.29, 0.717) is 31.2 Å². The monoisotopic (exact) mass is 295 g/mol. The largest absolute Gasteiger partial charge is 0.392 e. The van der Waals surface area contributed by atoms with Gasteiger partial charge in [0.2, 0.25) is 5.89 Å². The first-order valence-corrected chi connectivity index (χ1v) is 6.69. The summed E-state index contributed by atoms with van der Waals surface area (Å²) >= 11 is 0. The normalized spacial score (nSPS) is 22.9. The molecule has 7 heteroatoms. The number of aryl methyl sites for hydroxylation is 1. The maximum atomic E-state index is 13.9. The van der Waals surface area contributed by atoms with Crippen molar-refractivity contribution in [2.75, 3.05) is 6.54 Å². The van der Waals surface area contributed by atoms with E-state index in [4.69, 9.17) is 4.52 Å². The first kappa shape index (κ1) is 14.1. The Bertz CT molecular complexity index is 647. The highest BCUT2D eigenvalue weighted by atomic mass is 19.1. The Balaban J connectivity index is 1.86. The van der Waals surface area contributed by atoms with Crippen LogP contribution in [0.2, 0.25) is 0 Å². The number of hydrogen-bond acceptors (Lipinski definition) is 5. The number of benzene rings is 1. The second-order valence-electron chi connectivity index (χ2n) is 5.23. The van der Waals surface area contributed by atoms with Gasteiger partial charge in [0.25, 0.3) is 0 Å². The number of halogens is 2. The quantitative estimate of drug-likeness (QED) is 0.938. The van der Waals surface area contributed by atoms with E-state index in [-0.39, 0.29) is 5.56 Å². The number of hydrogen-bond donors (Lipinski definition) is 1. The molecule has 1 aliphatic rings. The van der Waals surface area contributed by atoms with Crippen LogP contribution in [0.4, 0.5) is 8.78 Å². The molecule has 0 aliphatic carbocycles. The molecule has 21 heavy (non-hydrogen) atoms. The van der Waals surface area contributed by atoms with Crippen molar-refractivity contribution in [1.82, 2.24) is 15.0 Å². The Kier molecular flexibility index (Phi) is 3.69. The van der Waals surface area contributed by atoms with Crippen molar-refractivity contribution in [3.05, 3.63) is 47.1 Å².